The first kappa shape index (κ1) is 17.6. The van der Waals surface area contributed by atoms with Crippen LogP contribution in [-0.4, -0.2) is 13.7 Å². The number of unbranched alkanes of at least 4 members (excludes halogenated alkanes) is 1. The van der Waals surface area contributed by atoms with E-state index in [1.807, 2.05) is 36.4 Å². The highest BCUT2D eigenvalue weighted by atomic mass is 35.5. The lowest BCUT2D eigenvalue weighted by Gasteiger charge is -2.13. The molecule has 0 heterocycles. The highest BCUT2D eigenvalue weighted by molar-refractivity contribution is 6.30. The topological polar surface area (TPSA) is 30.5 Å². The van der Waals surface area contributed by atoms with Crippen molar-refractivity contribution in [2.45, 2.75) is 32.9 Å². The molecule has 124 valence electrons. The maximum atomic E-state index is 5.99. The number of methoxy groups -OCH3 is 1. The van der Waals surface area contributed by atoms with Crippen molar-refractivity contribution in [3.63, 3.8) is 0 Å². The zero-order chi connectivity index (χ0) is 16.5. The minimum atomic E-state index is 0.463. The number of nitrogens with one attached hydrogen (secondary N) is 1. The minimum Gasteiger partial charge on any atom is -0.493 e. The zero-order valence-electron chi connectivity index (χ0n) is 13.8. The third-order valence-corrected chi connectivity index (χ3v) is 3.78. The minimum absolute atomic E-state index is 0.463. The molecule has 0 radical (unpaired) electrons. The smallest absolute Gasteiger partial charge is 0.161 e. The molecule has 0 saturated heterocycles. The van der Waals surface area contributed by atoms with E-state index in [2.05, 4.69) is 18.3 Å². The molecule has 4 heteroatoms. The zero-order valence-corrected chi connectivity index (χ0v) is 14.5. The molecule has 0 aliphatic carbocycles. The lowest BCUT2D eigenvalue weighted by molar-refractivity contribution is 0.284. The highest BCUT2D eigenvalue weighted by Gasteiger charge is 2.06. The van der Waals surface area contributed by atoms with Crippen molar-refractivity contribution in [1.82, 2.24) is 5.32 Å². The van der Waals surface area contributed by atoms with Crippen LogP contribution in [0.2, 0.25) is 5.02 Å². The Morgan fingerprint density at radius 3 is 2.65 bits per heavy atom. The number of ether oxygens (including phenoxy) is 2. The van der Waals surface area contributed by atoms with E-state index >= 15 is 0 Å². The van der Waals surface area contributed by atoms with Crippen molar-refractivity contribution in [3.05, 3.63) is 58.6 Å². The van der Waals surface area contributed by atoms with Crippen LogP contribution in [0.1, 0.15) is 30.9 Å². The van der Waals surface area contributed by atoms with Gasteiger partial charge in [-0.3, -0.25) is 0 Å². The first-order valence-corrected chi connectivity index (χ1v) is 8.35. The van der Waals surface area contributed by atoms with Gasteiger partial charge in [-0.15, -0.1) is 0 Å². The van der Waals surface area contributed by atoms with Gasteiger partial charge in [0, 0.05) is 11.6 Å². The molecule has 2 aromatic carbocycles. The van der Waals surface area contributed by atoms with E-state index < -0.39 is 0 Å². The summed E-state index contributed by atoms with van der Waals surface area (Å²) in [5, 5.41) is 4.14. The Bertz CT molecular complexity index is 616. The van der Waals surface area contributed by atoms with Crippen molar-refractivity contribution >= 4 is 11.6 Å². The fraction of sp³-hybridized carbons (Fsp3) is 0.368. The summed E-state index contributed by atoms with van der Waals surface area (Å²) in [4.78, 5) is 0. The Hall–Kier alpha value is -1.71. The molecule has 23 heavy (non-hydrogen) atoms. The second-order valence-electron chi connectivity index (χ2n) is 5.43. The van der Waals surface area contributed by atoms with E-state index in [-0.39, 0.29) is 0 Å². The van der Waals surface area contributed by atoms with Crippen molar-refractivity contribution in [3.8, 4) is 11.5 Å². The normalized spacial score (nSPS) is 10.6. The first-order chi connectivity index (χ1) is 11.2. The van der Waals surface area contributed by atoms with E-state index in [4.69, 9.17) is 21.1 Å². The molecule has 0 amide bonds. The third-order valence-electron chi connectivity index (χ3n) is 3.55. The Labute approximate surface area is 143 Å². The van der Waals surface area contributed by atoms with Crippen LogP contribution in [0.3, 0.4) is 0 Å². The first-order valence-electron chi connectivity index (χ1n) is 7.97. The number of benzene rings is 2. The second kappa shape index (κ2) is 9.43. The summed E-state index contributed by atoms with van der Waals surface area (Å²) in [6.45, 7) is 4.53. The van der Waals surface area contributed by atoms with Gasteiger partial charge in [0.05, 0.1) is 7.11 Å². The standard InChI is InChI=1S/C19H24ClNO2/c1-3-4-10-21-13-15-8-9-18(19(12-15)22-2)23-14-16-6-5-7-17(20)11-16/h5-9,11-12,21H,3-4,10,13-14H2,1-2H3. The molecule has 0 bridgehead atoms. The fourth-order valence-electron chi connectivity index (χ4n) is 2.26. The number of rotatable bonds is 9. The van der Waals surface area contributed by atoms with Gasteiger partial charge in [-0.05, 0) is 48.4 Å². The molecule has 0 unspecified atom stereocenters. The van der Waals surface area contributed by atoms with Gasteiger partial charge >= 0.3 is 0 Å². The van der Waals surface area contributed by atoms with Crippen molar-refractivity contribution in [1.29, 1.82) is 0 Å². The van der Waals surface area contributed by atoms with Crippen LogP contribution in [-0.2, 0) is 13.2 Å². The lowest BCUT2D eigenvalue weighted by atomic mass is 10.2. The van der Waals surface area contributed by atoms with Crippen molar-refractivity contribution in [2.75, 3.05) is 13.7 Å². The van der Waals surface area contributed by atoms with E-state index in [9.17, 15) is 0 Å². The van der Waals surface area contributed by atoms with Gasteiger partial charge in [0.25, 0.3) is 0 Å². The maximum absolute atomic E-state index is 5.99. The SMILES string of the molecule is CCCCNCc1ccc(OCc2cccc(Cl)c2)c(OC)c1. The summed E-state index contributed by atoms with van der Waals surface area (Å²) in [6, 6.07) is 13.7. The number of hydrogen-bond acceptors (Lipinski definition) is 3. The van der Waals surface area contributed by atoms with E-state index in [0.29, 0.717) is 11.6 Å². The average molecular weight is 334 g/mol. The van der Waals surface area contributed by atoms with Crippen LogP contribution in [0.4, 0.5) is 0 Å². The van der Waals surface area contributed by atoms with Gasteiger partial charge in [0.2, 0.25) is 0 Å². The Kier molecular flexibility index (Phi) is 7.24. The molecule has 0 spiro atoms. The second-order valence-corrected chi connectivity index (χ2v) is 5.87. The van der Waals surface area contributed by atoms with Gasteiger partial charge in [-0.1, -0.05) is 43.1 Å². The van der Waals surface area contributed by atoms with E-state index in [1.54, 1.807) is 7.11 Å². The van der Waals surface area contributed by atoms with Gasteiger partial charge in [-0.25, -0.2) is 0 Å². The van der Waals surface area contributed by atoms with Gasteiger partial charge in [0.1, 0.15) is 6.61 Å². The number of halogens is 1. The van der Waals surface area contributed by atoms with Crippen LogP contribution in [0.25, 0.3) is 0 Å². The molecule has 0 aliphatic heterocycles. The predicted octanol–water partition coefficient (Wildman–Crippen LogP) is 4.82. The van der Waals surface area contributed by atoms with Gasteiger partial charge in [-0.2, -0.15) is 0 Å². The molecule has 3 nitrogen and oxygen atoms in total. The molecule has 0 saturated carbocycles. The Morgan fingerprint density at radius 1 is 1.04 bits per heavy atom. The number of hydrogen-bond donors (Lipinski definition) is 1. The molecule has 2 rings (SSSR count). The summed E-state index contributed by atoms with van der Waals surface area (Å²) in [7, 11) is 1.66. The monoisotopic (exact) mass is 333 g/mol. The Morgan fingerprint density at radius 2 is 1.91 bits per heavy atom. The highest BCUT2D eigenvalue weighted by Crippen LogP contribution is 2.29. The van der Waals surface area contributed by atoms with Crippen LogP contribution >= 0.6 is 11.6 Å². The lowest BCUT2D eigenvalue weighted by Crippen LogP contribution is -2.14. The average Bonchev–Trinajstić information content (AvgIpc) is 2.57. The summed E-state index contributed by atoms with van der Waals surface area (Å²) >= 11 is 5.99. The summed E-state index contributed by atoms with van der Waals surface area (Å²) in [6.07, 6.45) is 2.39. The van der Waals surface area contributed by atoms with Crippen LogP contribution in [0.5, 0.6) is 11.5 Å². The van der Waals surface area contributed by atoms with Crippen molar-refractivity contribution < 1.29 is 9.47 Å². The van der Waals surface area contributed by atoms with Gasteiger partial charge < -0.3 is 14.8 Å². The van der Waals surface area contributed by atoms with Crippen LogP contribution in [0, 0.1) is 0 Å². The Balaban J connectivity index is 1.96. The van der Waals surface area contributed by atoms with Gasteiger partial charge in [0.15, 0.2) is 11.5 Å². The van der Waals surface area contributed by atoms with E-state index in [0.717, 1.165) is 30.2 Å². The largest absolute Gasteiger partial charge is 0.493 e. The molecule has 1 N–H and O–H groups in total. The molecule has 0 aliphatic rings. The molecular formula is C19H24ClNO2. The third kappa shape index (κ3) is 5.77. The predicted molar refractivity (Wildman–Crippen MR) is 95.4 cm³/mol. The fourth-order valence-corrected chi connectivity index (χ4v) is 2.48. The molecule has 0 atom stereocenters. The molecule has 0 aromatic heterocycles. The molecule has 0 fully saturated rings. The summed E-state index contributed by atoms with van der Waals surface area (Å²) in [5.74, 6) is 1.49. The maximum Gasteiger partial charge on any atom is 0.161 e. The molecular weight excluding hydrogens is 310 g/mol. The summed E-state index contributed by atoms with van der Waals surface area (Å²) in [5.41, 5.74) is 2.22. The summed E-state index contributed by atoms with van der Waals surface area (Å²) < 4.78 is 11.3. The molecule has 2 aromatic rings. The van der Waals surface area contributed by atoms with E-state index in [1.165, 1.54) is 18.4 Å². The van der Waals surface area contributed by atoms with Crippen molar-refractivity contribution in [2.24, 2.45) is 0 Å². The van der Waals surface area contributed by atoms with Crippen LogP contribution in [0.15, 0.2) is 42.5 Å². The van der Waals surface area contributed by atoms with Crippen LogP contribution < -0.4 is 14.8 Å². The quantitative estimate of drug-likeness (QED) is 0.667.